The van der Waals surface area contributed by atoms with E-state index in [1.165, 1.54) is 0 Å². The van der Waals surface area contributed by atoms with Crippen LogP contribution in [0.5, 0.6) is 0 Å². The van der Waals surface area contributed by atoms with Gasteiger partial charge in [0.15, 0.2) is 0 Å². The molecule has 0 fully saturated rings. The molecule has 0 saturated heterocycles. The molecular formula is C8H11ClN2. The summed E-state index contributed by atoms with van der Waals surface area (Å²) in [6, 6.07) is 1.83. The highest BCUT2D eigenvalue weighted by Gasteiger charge is 2.02. The molecule has 0 atom stereocenters. The Kier molecular flexibility index (Phi) is 2.47. The molecule has 0 spiro atoms. The molecule has 1 aromatic rings. The van der Waals surface area contributed by atoms with Gasteiger partial charge >= 0.3 is 0 Å². The maximum Gasteiger partial charge on any atom is 0.129 e. The number of hydrogen-bond acceptors (Lipinski definition) is 2. The third kappa shape index (κ3) is 1.70. The normalized spacial score (nSPS) is 10.2. The van der Waals surface area contributed by atoms with Crippen LogP contribution in [-0.2, 0) is 6.54 Å². The maximum atomic E-state index is 5.73. The van der Waals surface area contributed by atoms with E-state index in [0.29, 0.717) is 11.7 Å². The minimum atomic E-state index is 0.530. The lowest BCUT2D eigenvalue weighted by Crippen LogP contribution is -2.03. The SMILES string of the molecule is Cc1cc(Cl)nc(C)c1CN. The van der Waals surface area contributed by atoms with E-state index in [9.17, 15) is 0 Å². The number of hydrogen-bond donors (Lipinski definition) is 1. The van der Waals surface area contributed by atoms with Crippen LogP contribution in [0.25, 0.3) is 0 Å². The largest absolute Gasteiger partial charge is 0.326 e. The molecule has 0 unspecified atom stereocenters. The summed E-state index contributed by atoms with van der Waals surface area (Å²) in [5.41, 5.74) is 8.65. The van der Waals surface area contributed by atoms with Crippen LogP contribution in [0.15, 0.2) is 6.07 Å². The Labute approximate surface area is 71.4 Å². The van der Waals surface area contributed by atoms with Gasteiger partial charge in [-0.25, -0.2) is 4.98 Å². The summed E-state index contributed by atoms with van der Waals surface area (Å²) in [5, 5.41) is 0.539. The van der Waals surface area contributed by atoms with Crippen LogP contribution in [0, 0.1) is 13.8 Å². The molecule has 0 aromatic carbocycles. The van der Waals surface area contributed by atoms with Crippen molar-refractivity contribution in [1.29, 1.82) is 0 Å². The van der Waals surface area contributed by atoms with Crippen LogP contribution in [0.2, 0.25) is 5.15 Å². The first-order chi connectivity index (χ1) is 5.15. The van der Waals surface area contributed by atoms with E-state index in [4.69, 9.17) is 17.3 Å². The van der Waals surface area contributed by atoms with E-state index in [2.05, 4.69) is 4.98 Å². The van der Waals surface area contributed by atoms with Gasteiger partial charge in [0.2, 0.25) is 0 Å². The average Bonchev–Trinajstić information content (AvgIpc) is 1.85. The zero-order chi connectivity index (χ0) is 8.43. The molecule has 0 radical (unpaired) electrons. The van der Waals surface area contributed by atoms with Crippen LogP contribution >= 0.6 is 11.6 Å². The zero-order valence-electron chi connectivity index (χ0n) is 6.69. The molecule has 11 heavy (non-hydrogen) atoms. The first-order valence-electron chi connectivity index (χ1n) is 3.48. The minimum absolute atomic E-state index is 0.530. The highest BCUT2D eigenvalue weighted by molar-refractivity contribution is 6.29. The van der Waals surface area contributed by atoms with Gasteiger partial charge in [-0.3, -0.25) is 0 Å². The lowest BCUT2D eigenvalue weighted by atomic mass is 10.1. The predicted octanol–water partition coefficient (Wildman–Crippen LogP) is 1.81. The van der Waals surface area contributed by atoms with Crippen molar-refractivity contribution in [2.24, 2.45) is 5.73 Å². The van der Waals surface area contributed by atoms with Gasteiger partial charge in [-0.1, -0.05) is 11.6 Å². The Morgan fingerprint density at radius 2 is 2.18 bits per heavy atom. The standard InChI is InChI=1S/C8H11ClN2/c1-5-3-8(9)11-6(2)7(5)4-10/h3H,4,10H2,1-2H3. The highest BCUT2D eigenvalue weighted by Crippen LogP contribution is 2.15. The Morgan fingerprint density at radius 1 is 1.55 bits per heavy atom. The van der Waals surface area contributed by atoms with Gasteiger partial charge in [-0.2, -0.15) is 0 Å². The molecule has 0 aliphatic heterocycles. The molecule has 0 saturated carbocycles. The fraction of sp³-hybridized carbons (Fsp3) is 0.375. The average molecular weight is 171 g/mol. The van der Waals surface area contributed by atoms with Crippen molar-refractivity contribution >= 4 is 11.6 Å². The van der Waals surface area contributed by atoms with Gasteiger partial charge in [0, 0.05) is 12.2 Å². The molecule has 0 amide bonds. The lowest BCUT2D eigenvalue weighted by Gasteiger charge is -2.05. The van der Waals surface area contributed by atoms with Crippen LogP contribution in [0.4, 0.5) is 0 Å². The van der Waals surface area contributed by atoms with Gasteiger partial charge in [0.25, 0.3) is 0 Å². The second-order valence-corrected chi connectivity index (χ2v) is 2.92. The van der Waals surface area contributed by atoms with E-state index >= 15 is 0 Å². The molecule has 1 heterocycles. The van der Waals surface area contributed by atoms with Crippen molar-refractivity contribution in [3.8, 4) is 0 Å². The third-order valence-corrected chi connectivity index (χ3v) is 1.92. The number of aryl methyl sites for hydroxylation is 2. The van der Waals surface area contributed by atoms with E-state index in [1.54, 1.807) is 0 Å². The van der Waals surface area contributed by atoms with Crippen molar-refractivity contribution in [3.63, 3.8) is 0 Å². The molecule has 60 valence electrons. The number of aromatic nitrogens is 1. The van der Waals surface area contributed by atoms with Crippen molar-refractivity contribution in [2.45, 2.75) is 20.4 Å². The fourth-order valence-corrected chi connectivity index (χ4v) is 1.41. The molecular weight excluding hydrogens is 160 g/mol. The Bertz CT molecular complexity index is 248. The summed E-state index contributed by atoms with van der Waals surface area (Å²) < 4.78 is 0. The Balaban J connectivity index is 3.25. The molecule has 2 N–H and O–H groups in total. The van der Waals surface area contributed by atoms with Crippen molar-refractivity contribution < 1.29 is 0 Å². The third-order valence-electron chi connectivity index (χ3n) is 1.73. The van der Waals surface area contributed by atoms with E-state index in [1.807, 2.05) is 19.9 Å². The lowest BCUT2D eigenvalue weighted by molar-refractivity contribution is 0.987. The summed E-state index contributed by atoms with van der Waals surface area (Å²) in [4.78, 5) is 4.09. The van der Waals surface area contributed by atoms with Crippen molar-refractivity contribution in [1.82, 2.24) is 4.98 Å². The Hall–Kier alpha value is -0.600. The number of nitrogens with two attached hydrogens (primary N) is 1. The van der Waals surface area contributed by atoms with Gasteiger partial charge in [0.1, 0.15) is 5.15 Å². The summed E-state index contributed by atoms with van der Waals surface area (Å²) in [7, 11) is 0. The first kappa shape index (κ1) is 8.50. The topological polar surface area (TPSA) is 38.9 Å². The van der Waals surface area contributed by atoms with Crippen LogP contribution in [-0.4, -0.2) is 4.98 Å². The molecule has 2 nitrogen and oxygen atoms in total. The quantitative estimate of drug-likeness (QED) is 0.653. The van der Waals surface area contributed by atoms with E-state index in [0.717, 1.165) is 16.8 Å². The number of halogens is 1. The smallest absolute Gasteiger partial charge is 0.129 e. The van der Waals surface area contributed by atoms with Gasteiger partial charge < -0.3 is 5.73 Å². The van der Waals surface area contributed by atoms with E-state index < -0.39 is 0 Å². The predicted molar refractivity (Wildman–Crippen MR) is 46.6 cm³/mol. The summed E-state index contributed by atoms with van der Waals surface area (Å²) in [6.07, 6.45) is 0. The maximum absolute atomic E-state index is 5.73. The molecule has 0 bridgehead atoms. The minimum Gasteiger partial charge on any atom is -0.326 e. The zero-order valence-corrected chi connectivity index (χ0v) is 7.44. The molecule has 1 aromatic heterocycles. The molecule has 1 rings (SSSR count). The summed E-state index contributed by atoms with van der Waals surface area (Å²) in [5.74, 6) is 0. The van der Waals surface area contributed by atoms with Crippen molar-refractivity contribution in [3.05, 3.63) is 28.0 Å². The molecule has 0 aliphatic carbocycles. The first-order valence-corrected chi connectivity index (χ1v) is 3.85. The second-order valence-electron chi connectivity index (χ2n) is 2.53. The second kappa shape index (κ2) is 3.20. The number of nitrogens with zero attached hydrogens (tertiary/aromatic N) is 1. The van der Waals surface area contributed by atoms with Crippen LogP contribution in [0.3, 0.4) is 0 Å². The summed E-state index contributed by atoms with van der Waals surface area (Å²) in [6.45, 7) is 4.44. The fourth-order valence-electron chi connectivity index (χ4n) is 1.12. The van der Waals surface area contributed by atoms with Gasteiger partial charge in [-0.15, -0.1) is 0 Å². The molecule has 3 heteroatoms. The Morgan fingerprint density at radius 3 is 2.64 bits per heavy atom. The number of rotatable bonds is 1. The number of pyridine rings is 1. The van der Waals surface area contributed by atoms with Gasteiger partial charge in [-0.05, 0) is 31.0 Å². The van der Waals surface area contributed by atoms with Crippen molar-refractivity contribution in [2.75, 3.05) is 0 Å². The van der Waals surface area contributed by atoms with Crippen LogP contribution < -0.4 is 5.73 Å². The summed E-state index contributed by atoms with van der Waals surface area (Å²) >= 11 is 5.73. The monoisotopic (exact) mass is 170 g/mol. The van der Waals surface area contributed by atoms with Crippen LogP contribution in [0.1, 0.15) is 16.8 Å². The van der Waals surface area contributed by atoms with Gasteiger partial charge in [0.05, 0.1) is 0 Å². The molecule has 0 aliphatic rings. The van der Waals surface area contributed by atoms with E-state index in [-0.39, 0.29) is 0 Å². The highest BCUT2D eigenvalue weighted by atomic mass is 35.5.